The zero-order chi connectivity index (χ0) is 14.8. The predicted molar refractivity (Wildman–Crippen MR) is 74.2 cm³/mol. The standard InChI is InChI=1S/C14H17N5O2/c1-9(2)19-3-4-20-12(8-19)13-17-14(21-18-13)10-5-11(6-15)16-7-10/h5,7,9,12,16H,3-4,8H2,1-2H3. The van der Waals surface area contributed by atoms with Crippen LogP contribution in [0.1, 0.15) is 31.5 Å². The van der Waals surface area contributed by atoms with Gasteiger partial charge in [-0.1, -0.05) is 5.16 Å². The molecule has 3 rings (SSSR count). The molecule has 1 fully saturated rings. The molecule has 0 amide bonds. The Balaban J connectivity index is 1.77. The maximum Gasteiger partial charge on any atom is 0.259 e. The van der Waals surface area contributed by atoms with Crippen LogP contribution in [0.25, 0.3) is 11.5 Å². The number of nitriles is 1. The number of nitrogens with zero attached hydrogens (tertiary/aromatic N) is 4. The molecule has 2 aromatic heterocycles. The first-order chi connectivity index (χ1) is 10.2. The quantitative estimate of drug-likeness (QED) is 0.924. The van der Waals surface area contributed by atoms with Crippen LogP contribution in [-0.2, 0) is 4.74 Å². The number of aromatic nitrogens is 3. The van der Waals surface area contributed by atoms with E-state index in [-0.39, 0.29) is 6.10 Å². The maximum atomic E-state index is 8.81. The van der Waals surface area contributed by atoms with Crippen molar-refractivity contribution < 1.29 is 9.26 Å². The van der Waals surface area contributed by atoms with E-state index in [4.69, 9.17) is 14.5 Å². The molecule has 0 saturated carbocycles. The van der Waals surface area contributed by atoms with Gasteiger partial charge in [-0.25, -0.2) is 0 Å². The lowest BCUT2D eigenvalue weighted by Crippen LogP contribution is -2.42. The van der Waals surface area contributed by atoms with Crippen LogP contribution in [-0.4, -0.2) is 45.8 Å². The number of aromatic amines is 1. The highest BCUT2D eigenvalue weighted by molar-refractivity contribution is 5.54. The minimum Gasteiger partial charge on any atom is -0.367 e. The molecule has 0 bridgehead atoms. The van der Waals surface area contributed by atoms with Crippen molar-refractivity contribution in [3.05, 3.63) is 23.8 Å². The fraction of sp³-hybridized carbons (Fsp3) is 0.500. The Labute approximate surface area is 122 Å². The number of rotatable bonds is 3. The number of nitrogens with one attached hydrogen (secondary N) is 1. The number of hydrogen-bond donors (Lipinski definition) is 1. The summed E-state index contributed by atoms with van der Waals surface area (Å²) in [7, 11) is 0. The Kier molecular flexibility index (Phi) is 3.73. The molecular weight excluding hydrogens is 270 g/mol. The molecular formula is C14H17N5O2. The molecule has 1 N–H and O–H groups in total. The van der Waals surface area contributed by atoms with Crippen molar-refractivity contribution >= 4 is 0 Å². The summed E-state index contributed by atoms with van der Waals surface area (Å²) >= 11 is 0. The van der Waals surface area contributed by atoms with E-state index in [1.165, 1.54) is 0 Å². The van der Waals surface area contributed by atoms with Crippen molar-refractivity contribution in [2.45, 2.75) is 26.0 Å². The molecule has 7 nitrogen and oxygen atoms in total. The van der Waals surface area contributed by atoms with Gasteiger partial charge < -0.3 is 14.2 Å². The Morgan fingerprint density at radius 3 is 3.10 bits per heavy atom. The van der Waals surface area contributed by atoms with Crippen molar-refractivity contribution in [2.75, 3.05) is 19.7 Å². The van der Waals surface area contributed by atoms with Crippen LogP contribution in [0, 0.1) is 11.3 Å². The van der Waals surface area contributed by atoms with Crippen molar-refractivity contribution in [2.24, 2.45) is 0 Å². The van der Waals surface area contributed by atoms with Gasteiger partial charge in [0.05, 0.1) is 12.2 Å². The zero-order valence-electron chi connectivity index (χ0n) is 12.0. The predicted octanol–water partition coefficient (Wildman–Crippen LogP) is 1.72. The first kappa shape index (κ1) is 13.8. The highest BCUT2D eigenvalue weighted by Gasteiger charge is 2.27. The number of H-pyrrole nitrogens is 1. The van der Waals surface area contributed by atoms with Crippen LogP contribution in [0.5, 0.6) is 0 Å². The van der Waals surface area contributed by atoms with E-state index >= 15 is 0 Å². The SMILES string of the molecule is CC(C)N1CCOC(c2noc(-c3c[nH]c(C#N)c3)n2)C1. The second-order valence-electron chi connectivity index (χ2n) is 5.32. The fourth-order valence-electron chi connectivity index (χ4n) is 2.36. The third-order valence-corrected chi connectivity index (χ3v) is 3.61. The second-order valence-corrected chi connectivity index (χ2v) is 5.32. The first-order valence-corrected chi connectivity index (χ1v) is 6.95. The van der Waals surface area contributed by atoms with Gasteiger partial charge in [0, 0.05) is 25.3 Å². The van der Waals surface area contributed by atoms with Crippen LogP contribution in [0.2, 0.25) is 0 Å². The third-order valence-electron chi connectivity index (χ3n) is 3.61. The molecule has 0 aromatic carbocycles. The van der Waals surface area contributed by atoms with E-state index in [0.717, 1.165) is 13.1 Å². The summed E-state index contributed by atoms with van der Waals surface area (Å²) in [5.74, 6) is 0.947. The van der Waals surface area contributed by atoms with E-state index < -0.39 is 0 Å². The van der Waals surface area contributed by atoms with Gasteiger partial charge >= 0.3 is 0 Å². The normalized spacial score (nSPS) is 19.8. The molecule has 1 saturated heterocycles. The average Bonchev–Trinajstić information content (AvgIpc) is 3.16. The Bertz CT molecular complexity index is 654. The molecule has 7 heteroatoms. The lowest BCUT2D eigenvalue weighted by Gasteiger charge is -2.34. The van der Waals surface area contributed by atoms with Gasteiger partial charge in [0.15, 0.2) is 0 Å². The van der Waals surface area contributed by atoms with Gasteiger partial charge in [-0.3, -0.25) is 4.90 Å². The molecule has 1 aliphatic heterocycles. The summed E-state index contributed by atoms with van der Waals surface area (Å²) in [5.41, 5.74) is 1.17. The van der Waals surface area contributed by atoms with Crippen molar-refractivity contribution in [1.82, 2.24) is 20.0 Å². The Morgan fingerprint density at radius 1 is 1.52 bits per heavy atom. The van der Waals surface area contributed by atoms with E-state index in [1.807, 2.05) is 6.07 Å². The van der Waals surface area contributed by atoms with E-state index in [0.29, 0.717) is 35.6 Å². The lowest BCUT2D eigenvalue weighted by atomic mass is 10.2. The molecule has 1 atom stereocenters. The van der Waals surface area contributed by atoms with Gasteiger partial charge in [-0.15, -0.1) is 0 Å². The van der Waals surface area contributed by atoms with Gasteiger partial charge in [0.25, 0.3) is 5.89 Å². The molecule has 1 unspecified atom stereocenters. The summed E-state index contributed by atoms with van der Waals surface area (Å²) in [5, 5.41) is 12.8. The Morgan fingerprint density at radius 2 is 2.38 bits per heavy atom. The third kappa shape index (κ3) is 2.82. The van der Waals surface area contributed by atoms with E-state index in [1.54, 1.807) is 12.3 Å². The van der Waals surface area contributed by atoms with E-state index in [2.05, 4.69) is 33.9 Å². The second kappa shape index (κ2) is 5.68. The summed E-state index contributed by atoms with van der Waals surface area (Å²) in [4.78, 5) is 9.55. The molecule has 0 spiro atoms. The van der Waals surface area contributed by atoms with E-state index in [9.17, 15) is 0 Å². The Hall–Kier alpha value is -2.17. The number of hydrogen-bond acceptors (Lipinski definition) is 6. The smallest absolute Gasteiger partial charge is 0.259 e. The monoisotopic (exact) mass is 287 g/mol. The molecule has 1 aliphatic rings. The van der Waals surface area contributed by atoms with Gasteiger partial charge in [0.1, 0.15) is 17.9 Å². The van der Waals surface area contributed by atoms with Crippen LogP contribution in [0.3, 0.4) is 0 Å². The van der Waals surface area contributed by atoms with Crippen LogP contribution in [0.15, 0.2) is 16.8 Å². The highest BCUT2D eigenvalue weighted by atomic mass is 16.5. The van der Waals surface area contributed by atoms with Crippen LogP contribution >= 0.6 is 0 Å². The average molecular weight is 287 g/mol. The summed E-state index contributed by atoms with van der Waals surface area (Å²) in [6, 6.07) is 4.17. The summed E-state index contributed by atoms with van der Waals surface area (Å²) in [6.07, 6.45) is 1.51. The van der Waals surface area contributed by atoms with Crippen molar-refractivity contribution in [3.63, 3.8) is 0 Å². The molecule has 2 aromatic rings. The lowest BCUT2D eigenvalue weighted by molar-refractivity contribution is -0.0450. The molecule has 110 valence electrons. The van der Waals surface area contributed by atoms with Gasteiger partial charge in [0.2, 0.25) is 5.82 Å². The molecule has 0 radical (unpaired) electrons. The largest absolute Gasteiger partial charge is 0.367 e. The van der Waals surface area contributed by atoms with Crippen LogP contribution < -0.4 is 0 Å². The maximum absolute atomic E-state index is 8.81. The molecule has 21 heavy (non-hydrogen) atoms. The first-order valence-electron chi connectivity index (χ1n) is 6.95. The highest BCUT2D eigenvalue weighted by Crippen LogP contribution is 2.24. The van der Waals surface area contributed by atoms with Crippen molar-refractivity contribution in [3.8, 4) is 17.5 Å². The fourth-order valence-corrected chi connectivity index (χ4v) is 2.36. The minimum atomic E-state index is -0.173. The van der Waals surface area contributed by atoms with Crippen LogP contribution in [0.4, 0.5) is 0 Å². The molecule has 0 aliphatic carbocycles. The van der Waals surface area contributed by atoms with Gasteiger partial charge in [-0.05, 0) is 19.9 Å². The summed E-state index contributed by atoms with van der Waals surface area (Å²) in [6.45, 7) is 6.66. The number of morpholine rings is 1. The van der Waals surface area contributed by atoms with Crippen molar-refractivity contribution in [1.29, 1.82) is 5.26 Å². The summed E-state index contributed by atoms with van der Waals surface area (Å²) < 4.78 is 11.0. The topological polar surface area (TPSA) is 91.0 Å². The number of ether oxygens (including phenoxy) is 1. The zero-order valence-corrected chi connectivity index (χ0v) is 12.0. The van der Waals surface area contributed by atoms with Gasteiger partial charge in [-0.2, -0.15) is 10.2 Å². The minimum absolute atomic E-state index is 0.173. The molecule has 3 heterocycles.